The molecule has 0 N–H and O–H groups in total. The topological polar surface area (TPSA) is 47.9 Å². The Morgan fingerprint density at radius 2 is 2.17 bits per heavy atom. The summed E-state index contributed by atoms with van der Waals surface area (Å²) >= 11 is 0. The van der Waals surface area contributed by atoms with E-state index in [9.17, 15) is 13.6 Å². The van der Waals surface area contributed by atoms with Crippen molar-refractivity contribution in [1.82, 2.24) is 0 Å². The van der Waals surface area contributed by atoms with Crippen molar-refractivity contribution < 1.29 is 23.0 Å². The number of rotatable bonds is 3. The Kier molecular flexibility index (Phi) is 3.02. The monoisotopic (exact) mass is 255 g/mol. The smallest absolute Gasteiger partial charge is 0.334 e. The second-order valence-electron chi connectivity index (χ2n) is 3.90. The molecule has 1 aromatic rings. The van der Waals surface area contributed by atoms with Crippen LogP contribution in [0.4, 0.5) is 8.78 Å². The molecule has 0 bridgehead atoms. The number of alkyl halides is 2. The molecule has 0 radical (unpaired) electrons. The summed E-state index contributed by atoms with van der Waals surface area (Å²) in [4.78, 5) is 14.8. The van der Waals surface area contributed by atoms with E-state index in [-0.39, 0.29) is 23.8 Å². The molecule has 0 atom stereocenters. The minimum absolute atomic E-state index is 0.0330. The summed E-state index contributed by atoms with van der Waals surface area (Å²) in [6.45, 7) is 0.737. The SMILES string of the molecule is COc1cc(C2=NCC(=O)O2)ccc1C(C)(F)F. The van der Waals surface area contributed by atoms with Crippen LogP contribution < -0.4 is 4.74 Å². The van der Waals surface area contributed by atoms with Gasteiger partial charge in [0.05, 0.1) is 12.7 Å². The molecule has 96 valence electrons. The van der Waals surface area contributed by atoms with Gasteiger partial charge in [0.25, 0.3) is 5.92 Å². The molecule has 4 nitrogen and oxygen atoms in total. The maximum absolute atomic E-state index is 13.3. The molecular formula is C12H11F2NO3. The molecule has 2 rings (SSSR count). The zero-order valence-corrected chi connectivity index (χ0v) is 9.87. The number of hydrogen-bond donors (Lipinski definition) is 0. The van der Waals surface area contributed by atoms with Crippen LogP contribution in [0.2, 0.25) is 0 Å². The predicted molar refractivity (Wildman–Crippen MR) is 60.1 cm³/mol. The Labute approximate surface area is 102 Å². The molecule has 6 heteroatoms. The molecule has 1 aliphatic heterocycles. The Morgan fingerprint density at radius 1 is 1.44 bits per heavy atom. The van der Waals surface area contributed by atoms with Crippen LogP contribution >= 0.6 is 0 Å². The van der Waals surface area contributed by atoms with Crippen molar-refractivity contribution in [1.29, 1.82) is 0 Å². The maximum Gasteiger partial charge on any atom is 0.334 e. The van der Waals surface area contributed by atoms with Crippen LogP contribution in [0.25, 0.3) is 0 Å². The van der Waals surface area contributed by atoms with Gasteiger partial charge in [-0.25, -0.2) is 18.6 Å². The van der Waals surface area contributed by atoms with Crippen LogP contribution in [0.1, 0.15) is 18.1 Å². The molecule has 0 spiro atoms. The highest BCUT2D eigenvalue weighted by Crippen LogP contribution is 2.35. The number of methoxy groups -OCH3 is 1. The molecular weight excluding hydrogens is 244 g/mol. The highest BCUT2D eigenvalue weighted by molar-refractivity contribution is 6.05. The lowest BCUT2D eigenvalue weighted by Crippen LogP contribution is -2.11. The number of esters is 1. The fraction of sp³-hybridized carbons (Fsp3) is 0.333. The molecule has 0 amide bonds. The molecule has 18 heavy (non-hydrogen) atoms. The van der Waals surface area contributed by atoms with Crippen LogP contribution in [-0.4, -0.2) is 25.5 Å². The summed E-state index contributed by atoms with van der Waals surface area (Å²) < 4.78 is 36.3. The summed E-state index contributed by atoms with van der Waals surface area (Å²) in [5, 5.41) is 0. The fourth-order valence-electron chi connectivity index (χ4n) is 1.65. The summed E-state index contributed by atoms with van der Waals surface area (Å²) in [5.74, 6) is -3.30. The highest BCUT2D eigenvalue weighted by atomic mass is 19.3. The van der Waals surface area contributed by atoms with Gasteiger partial charge >= 0.3 is 5.97 Å². The van der Waals surface area contributed by atoms with E-state index in [0.717, 1.165) is 6.92 Å². The number of benzene rings is 1. The zero-order chi connectivity index (χ0) is 13.3. The first-order valence-corrected chi connectivity index (χ1v) is 5.23. The number of carbonyl (C=O) groups is 1. The lowest BCUT2D eigenvalue weighted by atomic mass is 10.1. The van der Waals surface area contributed by atoms with Gasteiger partial charge < -0.3 is 9.47 Å². The average Bonchev–Trinajstić information content (AvgIpc) is 2.74. The fourth-order valence-corrected chi connectivity index (χ4v) is 1.65. The first-order valence-electron chi connectivity index (χ1n) is 5.23. The van der Waals surface area contributed by atoms with Gasteiger partial charge in [-0.1, -0.05) is 0 Å². The van der Waals surface area contributed by atoms with E-state index < -0.39 is 11.9 Å². The van der Waals surface area contributed by atoms with Crippen LogP contribution in [0, 0.1) is 0 Å². The van der Waals surface area contributed by atoms with Gasteiger partial charge in [0.15, 0.2) is 0 Å². The van der Waals surface area contributed by atoms with E-state index in [1.165, 1.54) is 25.3 Å². The second kappa shape index (κ2) is 4.36. The van der Waals surface area contributed by atoms with E-state index in [0.29, 0.717) is 5.56 Å². The van der Waals surface area contributed by atoms with Gasteiger partial charge in [0.2, 0.25) is 5.90 Å². The van der Waals surface area contributed by atoms with Gasteiger partial charge in [0, 0.05) is 12.5 Å². The zero-order valence-electron chi connectivity index (χ0n) is 9.87. The van der Waals surface area contributed by atoms with Crippen molar-refractivity contribution in [2.45, 2.75) is 12.8 Å². The molecule has 0 saturated carbocycles. The second-order valence-corrected chi connectivity index (χ2v) is 3.90. The number of halogens is 2. The van der Waals surface area contributed by atoms with E-state index in [2.05, 4.69) is 4.99 Å². The van der Waals surface area contributed by atoms with Crippen LogP contribution in [0.5, 0.6) is 5.75 Å². The Bertz CT molecular complexity index is 521. The van der Waals surface area contributed by atoms with E-state index in [1.807, 2.05) is 0 Å². The Morgan fingerprint density at radius 3 is 2.67 bits per heavy atom. The molecule has 1 aliphatic rings. The largest absolute Gasteiger partial charge is 0.496 e. The van der Waals surface area contributed by atoms with Crippen LogP contribution in [0.15, 0.2) is 23.2 Å². The number of ether oxygens (including phenoxy) is 2. The number of hydrogen-bond acceptors (Lipinski definition) is 4. The molecule has 0 saturated heterocycles. The van der Waals surface area contributed by atoms with Gasteiger partial charge in [0.1, 0.15) is 12.3 Å². The van der Waals surface area contributed by atoms with Crippen molar-refractivity contribution in [3.8, 4) is 5.75 Å². The molecule has 0 aliphatic carbocycles. The van der Waals surface area contributed by atoms with Gasteiger partial charge in [-0.05, 0) is 18.2 Å². The lowest BCUT2D eigenvalue weighted by Gasteiger charge is -2.15. The quantitative estimate of drug-likeness (QED) is 0.777. The third-order valence-corrected chi connectivity index (χ3v) is 2.48. The summed E-state index contributed by atoms with van der Waals surface area (Å²) in [7, 11) is 1.30. The Hall–Kier alpha value is -1.98. The molecule has 1 heterocycles. The van der Waals surface area contributed by atoms with Crippen molar-refractivity contribution in [2.24, 2.45) is 4.99 Å². The summed E-state index contributed by atoms with van der Waals surface area (Å²) in [6, 6.07) is 4.04. The van der Waals surface area contributed by atoms with E-state index in [4.69, 9.17) is 9.47 Å². The maximum atomic E-state index is 13.3. The summed E-state index contributed by atoms with van der Waals surface area (Å²) in [5.41, 5.74) is 0.212. The van der Waals surface area contributed by atoms with Crippen molar-refractivity contribution in [3.63, 3.8) is 0 Å². The summed E-state index contributed by atoms with van der Waals surface area (Å²) in [6.07, 6.45) is 0. The minimum Gasteiger partial charge on any atom is -0.496 e. The third-order valence-electron chi connectivity index (χ3n) is 2.48. The number of aliphatic imine (C=N–C) groups is 1. The first kappa shape index (κ1) is 12.5. The number of cyclic esters (lactones) is 1. The average molecular weight is 255 g/mol. The van der Waals surface area contributed by atoms with Crippen molar-refractivity contribution >= 4 is 11.9 Å². The number of nitrogens with zero attached hydrogens (tertiary/aromatic N) is 1. The third kappa shape index (κ3) is 2.32. The minimum atomic E-state index is -3.00. The molecule has 0 aromatic heterocycles. The van der Waals surface area contributed by atoms with Crippen molar-refractivity contribution in [2.75, 3.05) is 13.7 Å². The van der Waals surface area contributed by atoms with Gasteiger partial charge in [-0.2, -0.15) is 0 Å². The van der Waals surface area contributed by atoms with E-state index in [1.54, 1.807) is 0 Å². The molecule has 1 aromatic carbocycles. The lowest BCUT2D eigenvalue weighted by molar-refractivity contribution is -0.132. The van der Waals surface area contributed by atoms with Crippen LogP contribution in [0.3, 0.4) is 0 Å². The van der Waals surface area contributed by atoms with E-state index >= 15 is 0 Å². The molecule has 0 unspecified atom stereocenters. The number of carbonyl (C=O) groups excluding carboxylic acids is 1. The predicted octanol–water partition coefficient (Wildman–Crippen LogP) is 2.11. The normalized spacial score (nSPS) is 15.3. The van der Waals surface area contributed by atoms with Gasteiger partial charge in [-0.15, -0.1) is 0 Å². The van der Waals surface area contributed by atoms with Crippen LogP contribution in [-0.2, 0) is 15.5 Å². The first-order chi connectivity index (χ1) is 8.41. The highest BCUT2D eigenvalue weighted by Gasteiger charge is 2.29. The molecule has 0 fully saturated rings. The van der Waals surface area contributed by atoms with Crippen molar-refractivity contribution in [3.05, 3.63) is 29.3 Å². The standard InChI is InChI=1S/C12H11F2NO3/c1-12(13,14)8-4-3-7(5-9(8)17-2)11-15-6-10(16)18-11/h3-5H,6H2,1-2H3. The Balaban J connectivity index is 2.39. The van der Waals surface area contributed by atoms with Gasteiger partial charge in [-0.3, -0.25) is 0 Å².